The van der Waals surface area contributed by atoms with Gasteiger partial charge in [-0.25, -0.2) is 0 Å². The number of allylic oxidation sites excluding steroid dienone is 2. The Kier molecular flexibility index (Phi) is 7.69. The number of pyridine rings is 1. The summed E-state index contributed by atoms with van der Waals surface area (Å²) in [6.45, 7) is 7.17. The highest BCUT2D eigenvalue weighted by Crippen LogP contribution is 2.34. The van der Waals surface area contributed by atoms with Crippen LogP contribution in [0.3, 0.4) is 0 Å². The van der Waals surface area contributed by atoms with Crippen LogP contribution >= 0.6 is 0 Å². The normalized spacial score (nSPS) is 15.2. The molecule has 0 amide bonds. The van der Waals surface area contributed by atoms with E-state index in [2.05, 4.69) is 42.0 Å². The fourth-order valence-electron chi connectivity index (χ4n) is 5.34. The molecular formula is C29H35N3O3. The molecule has 2 heterocycles. The van der Waals surface area contributed by atoms with E-state index in [1.807, 2.05) is 0 Å². The van der Waals surface area contributed by atoms with Crippen molar-refractivity contribution in [2.45, 2.75) is 65.8 Å². The van der Waals surface area contributed by atoms with Crippen molar-refractivity contribution >= 4 is 28.8 Å². The molecule has 184 valence electrons. The van der Waals surface area contributed by atoms with Crippen molar-refractivity contribution in [3.05, 3.63) is 59.1 Å². The summed E-state index contributed by atoms with van der Waals surface area (Å²) < 4.78 is 7.25. The number of fused-ring (bicyclic) bond motifs is 1. The quantitative estimate of drug-likeness (QED) is 0.158. The molecule has 0 radical (unpaired) electrons. The number of aromatic nitrogens is 2. The molecule has 6 heteroatoms. The molecule has 35 heavy (non-hydrogen) atoms. The monoisotopic (exact) mass is 473 g/mol. The summed E-state index contributed by atoms with van der Waals surface area (Å²) in [5.74, 6) is 0.772. The van der Waals surface area contributed by atoms with Crippen molar-refractivity contribution in [1.29, 1.82) is 5.41 Å². The Morgan fingerprint density at radius 1 is 1.23 bits per heavy atom. The first-order valence-electron chi connectivity index (χ1n) is 12.5. The third-order valence-corrected chi connectivity index (χ3v) is 7.14. The first kappa shape index (κ1) is 24.7. The van der Waals surface area contributed by atoms with E-state index in [1.165, 1.54) is 37.7 Å². The number of hydrogen-bond donors (Lipinski definition) is 2. The SMILES string of the molecule is CC(=N)/C(=C(/C)O)c1cnc2c(-c3ccc(C)c(CCOC=O)c3)cn(CC3CCCCC3)c2c1. The van der Waals surface area contributed by atoms with Crippen LogP contribution < -0.4 is 0 Å². The smallest absolute Gasteiger partial charge is 0.293 e. The number of carbonyl (C=O) groups is 1. The summed E-state index contributed by atoms with van der Waals surface area (Å²) in [4.78, 5) is 15.4. The summed E-state index contributed by atoms with van der Waals surface area (Å²) in [5, 5.41) is 18.4. The van der Waals surface area contributed by atoms with Crippen LogP contribution in [0.2, 0.25) is 0 Å². The Morgan fingerprint density at radius 2 is 2.00 bits per heavy atom. The molecule has 0 aliphatic heterocycles. The van der Waals surface area contributed by atoms with Gasteiger partial charge in [0.15, 0.2) is 0 Å². The lowest BCUT2D eigenvalue weighted by Gasteiger charge is -2.22. The molecule has 0 atom stereocenters. The van der Waals surface area contributed by atoms with Crippen LogP contribution in [0.1, 0.15) is 62.6 Å². The van der Waals surface area contributed by atoms with Gasteiger partial charge in [-0.2, -0.15) is 0 Å². The van der Waals surface area contributed by atoms with Crippen LogP contribution in [-0.4, -0.2) is 33.4 Å². The van der Waals surface area contributed by atoms with Crippen LogP contribution in [0.25, 0.3) is 27.7 Å². The van der Waals surface area contributed by atoms with Crippen molar-refractivity contribution < 1.29 is 14.6 Å². The van der Waals surface area contributed by atoms with Gasteiger partial charge in [-0.1, -0.05) is 37.5 Å². The fraction of sp³-hybridized carbons (Fsp3) is 0.414. The number of aryl methyl sites for hydroxylation is 1. The van der Waals surface area contributed by atoms with Crippen molar-refractivity contribution in [2.75, 3.05) is 6.61 Å². The summed E-state index contributed by atoms with van der Waals surface area (Å²) in [6.07, 6.45) is 11.0. The lowest BCUT2D eigenvalue weighted by atomic mass is 9.89. The van der Waals surface area contributed by atoms with Crippen LogP contribution in [0.5, 0.6) is 0 Å². The summed E-state index contributed by atoms with van der Waals surface area (Å²) in [6, 6.07) is 8.47. The van der Waals surface area contributed by atoms with Crippen molar-refractivity contribution in [2.24, 2.45) is 5.92 Å². The van der Waals surface area contributed by atoms with Gasteiger partial charge in [0.1, 0.15) is 0 Å². The minimum Gasteiger partial charge on any atom is -0.512 e. The van der Waals surface area contributed by atoms with E-state index in [0.29, 0.717) is 36.7 Å². The van der Waals surface area contributed by atoms with Gasteiger partial charge in [0.05, 0.1) is 23.4 Å². The Morgan fingerprint density at radius 3 is 2.69 bits per heavy atom. The van der Waals surface area contributed by atoms with Crippen LogP contribution in [0.4, 0.5) is 0 Å². The molecule has 0 saturated heterocycles. The van der Waals surface area contributed by atoms with Crippen molar-refractivity contribution in [3.63, 3.8) is 0 Å². The molecular weight excluding hydrogens is 438 g/mol. The number of ether oxygens (including phenoxy) is 1. The maximum absolute atomic E-state index is 10.6. The van der Waals surface area contributed by atoms with Gasteiger partial charge in [-0.15, -0.1) is 0 Å². The topological polar surface area (TPSA) is 88.2 Å². The second-order valence-electron chi connectivity index (χ2n) is 9.73. The second-order valence-corrected chi connectivity index (χ2v) is 9.73. The second kappa shape index (κ2) is 10.9. The number of rotatable bonds is 9. The number of carbonyl (C=O) groups excluding carboxylic acids is 1. The molecule has 1 aromatic carbocycles. The van der Waals surface area contributed by atoms with E-state index in [4.69, 9.17) is 15.1 Å². The van der Waals surface area contributed by atoms with Gasteiger partial charge < -0.3 is 19.8 Å². The van der Waals surface area contributed by atoms with E-state index >= 15 is 0 Å². The Bertz CT molecular complexity index is 1260. The van der Waals surface area contributed by atoms with E-state index in [1.54, 1.807) is 20.0 Å². The zero-order valence-electron chi connectivity index (χ0n) is 20.9. The zero-order chi connectivity index (χ0) is 24.9. The summed E-state index contributed by atoms with van der Waals surface area (Å²) >= 11 is 0. The van der Waals surface area contributed by atoms with E-state index in [9.17, 15) is 9.90 Å². The number of nitrogens with one attached hydrogen (secondary N) is 1. The van der Waals surface area contributed by atoms with Crippen molar-refractivity contribution in [3.8, 4) is 11.1 Å². The first-order valence-corrected chi connectivity index (χ1v) is 12.5. The minimum atomic E-state index is 0.130. The molecule has 0 unspecified atom stereocenters. The zero-order valence-corrected chi connectivity index (χ0v) is 20.9. The summed E-state index contributed by atoms with van der Waals surface area (Å²) in [7, 11) is 0. The fourth-order valence-corrected chi connectivity index (χ4v) is 5.34. The lowest BCUT2D eigenvalue weighted by Crippen LogP contribution is -2.13. The summed E-state index contributed by atoms with van der Waals surface area (Å²) in [5.41, 5.74) is 8.01. The van der Waals surface area contributed by atoms with E-state index in [-0.39, 0.29) is 5.76 Å². The van der Waals surface area contributed by atoms with Gasteiger partial charge in [0.25, 0.3) is 6.47 Å². The number of benzene rings is 1. The molecule has 0 spiro atoms. The molecule has 0 bridgehead atoms. The van der Waals surface area contributed by atoms with Crippen LogP contribution in [0, 0.1) is 18.3 Å². The molecule has 6 nitrogen and oxygen atoms in total. The molecule has 2 aromatic heterocycles. The van der Waals surface area contributed by atoms with Gasteiger partial charge >= 0.3 is 0 Å². The van der Waals surface area contributed by atoms with Gasteiger partial charge in [-0.05, 0) is 62.3 Å². The Labute approximate surface area is 207 Å². The maximum Gasteiger partial charge on any atom is 0.293 e. The van der Waals surface area contributed by atoms with Gasteiger partial charge in [-0.3, -0.25) is 9.78 Å². The molecule has 1 aliphatic rings. The molecule has 3 aromatic rings. The van der Waals surface area contributed by atoms with Gasteiger partial charge in [0.2, 0.25) is 0 Å². The van der Waals surface area contributed by atoms with E-state index < -0.39 is 0 Å². The van der Waals surface area contributed by atoms with Crippen LogP contribution in [-0.2, 0) is 22.5 Å². The number of hydrogen-bond acceptors (Lipinski definition) is 5. The molecule has 1 aliphatic carbocycles. The lowest BCUT2D eigenvalue weighted by molar-refractivity contribution is -0.128. The third-order valence-electron chi connectivity index (χ3n) is 7.14. The highest BCUT2D eigenvalue weighted by atomic mass is 16.5. The van der Waals surface area contributed by atoms with Crippen molar-refractivity contribution in [1.82, 2.24) is 9.55 Å². The Balaban J connectivity index is 1.82. The number of nitrogens with zero attached hydrogens (tertiary/aromatic N) is 2. The van der Waals surface area contributed by atoms with E-state index in [0.717, 1.165) is 39.8 Å². The average Bonchev–Trinajstić information content (AvgIpc) is 3.18. The third kappa shape index (κ3) is 5.47. The number of aliphatic hydroxyl groups excluding tert-OH is 1. The predicted octanol–water partition coefficient (Wildman–Crippen LogP) is 6.64. The average molecular weight is 474 g/mol. The Hall–Kier alpha value is -3.41. The first-order chi connectivity index (χ1) is 16.9. The molecule has 1 saturated carbocycles. The maximum atomic E-state index is 10.6. The predicted molar refractivity (Wildman–Crippen MR) is 141 cm³/mol. The number of aliphatic hydroxyl groups is 1. The molecule has 2 N–H and O–H groups in total. The molecule has 1 fully saturated rings. The largest absolute Gasteiger partial charge is 0.512 e. The highest BCUT2D eigenvalue weighted by molar-refractivity contribution is 6.22. The minimum absolute atomic E-state index is 0.130. The standard InChI is InChI=1S/C29H35N3O3/c1-19-9-10-24(13-23(19)11-12-35-18-33)26-17-32(16-22-7-5-4-6-8-22)27-14-25(15-31-29(26)27)28(20(2)30)21(3)34/h9-10,13-15,17-18,22,30,34H,4-8,11-12,16H2,1-3H3/b28-21+,30-20?. The van der Waals surface area contributed by atoms with Crippen LogP contribution in [0.15, 0.2) is 42.4 Å². The highest BCUT2D eigenvalue weighted by Gasteiger charge is 2.20. The molecule has 4 rings (SSSR count). The van der Waals surface area contributed by atoms with Gasteiger partial charge in [0, 0.05) is 47.8 Å².